The Morgan fingerprint density at radius 1 is 1.43 bits per heavy atom. The Balaban J connectivity index is 3.20. The van der Waals surface area contributed by atoms with Crippen LogP contribution in [0, 0.1) is 0 Å². The second-order valence-electron chi connectivity index (χ2n) is 2.82. The molecule has 1 aromatic carbocycles. The van der Waals surface area contributed by atoms with Crippen molar-refractivity contribution in [3.8, 4) is 5.75 Å². The molecule has 1 atom stereocenters. The van der Waals surface area contributed by atoms with Crippen LogP contribution in [0.3, 0.4) is 0 Å². The molecule has 0 spiro atoms. The minimum absolute atomic E-state index is 0.0619. The predicted molar refractivity (Wildman–Crippen MR) is 51.9 cm³/mol. The average molecular weight is 216 g/mol. The number of methoxy groups -OCH3 is 1. The molecule has 4 nitrogen and oxygen atoms in total. The molecule has 0 aliphatic carbocycles. The standard InChI is InChI=1S/C9H12O4S/c1-7(10)14(11,12)9-5-3-4-8(6-9)13-2/h3-7,10H,1-2H3. The van der Waals surface area contributed by atoms with Crippen LogP contribution in [0.25, 0.3) is 0 Å². The predicted octanol–water partition coefficient (Wildman–Crippen LogP) is 0.807. The molecule has 0 aromatic heterocycles. The summed E-state index contributed by atoms with van der Waals surface area (Å²) >= 11 is 0. The normalized spacial score (nSPS) is 13.6. The van der Waals surface area contributed by atoms with Crippen molar-refractivity contribution in [1.29, 1.82) is 0 Å². The monoisotopic (exact) mass is 216 g/mol. The molecular weight excluding hydrogens is 204 g/mol. The SMILES string of the molecule is COc1cccc(S(=O)(=O)C(C)O)c1. The Morgan fingerprint density at radius 3 is 2.57 bits per heavy atom. The highest BCUT2D eigenvalue weighted by atomic mass is 32.2. The van der Waals surface area contributed by atoms with Gasteiger partial charge in [-0.1, -0.05) is 6.07 Å². The molecule has 14 heavy (non-hydrogen) atoms. The zero-order valence-corrected chi connectivity index (χ0v) is 8.78. The van der Waals surface area contributed by atoms with Gasteiger partial charge in [0.1, 0.15) is 5.75 Å². The highest BCUT2D eigenvalue weighted by molar-refractivity contribution is 7.91. The summed E-state index contributed by atoms with van der Waals surface area (Å²) in [5.41, 5.74) is -1.41. The largest absolute Gasteiger partial charge is 0.497 e. The van der Waals surface area contributed by atoms with Crippen molar-refractivity contribution in [2.75, 3.05) is 7.11 Å². The molecule has 0 radical (unpaired) electrons. The van der Waals surface area contributed by atoms with Gasteiger partial charge in [0.2, 0.25) is 9.84 Å². The molecule has 1 unspecified atom stereocenters. The van der Waals surface area contributed by atoms with E-state index >= 15 is 0 Å². The Bertz CT molecular complexity index is 409. The van der Waals surface area contributed by atoms with Crippen molar-refractivity contribution in [1.82, 2.24) is 0 Å². The minimum atomic E-state index is -3.63. The molecule has 0 aliphatic rings. The van der Waals surface area contributed by atoms with Gasteiger partial charge in [-0.25, -0.2) is 8.42 Å². The summed E-state index contributed by atoms with van der Waals surface area (Å²) < 4.78 is 27.9. The highest BCUT2D eigenvalue weighted by Crippen LogP contribution is 2.19. The first-order valence-corrected chi connectivity index (χ1v) is 5.59. The minimum Gasteiger partial charge on any atom is -0.497 e. The van der Waals surface area contributed by atoms with Crippen molar-refractivity contribution < 1.29 is 18.3 Å². The van der Waals surface area contributed by atoms with Crippen LogP contribution in [0.5, 0.6) is 5.75 Å². The summed E-state index contributed by atoms with van der Waals surface area (Å²) in [6.07, 6.45) is 0. The van der Waals surface area contributed by atoms with Gasteiger partial charge in [-0.05, 0) is 25.1 Å². The van der Waals surface area contributed by atoms with Crippen LogP contribution in [0.4, 0.5) is 0 Å². The third kappa shape index (κ3) is 2.05. The maximum atomic E-state index is 11.5. The number of sulfone groups is 1. The maximum Gasteiger partial charge on any atom is 0.204 e. The molecule has 0 heterocycles. The summed E-state index contributed by atoms with van der Waals surface area (Å²) in [6, 6.07) is 6.00. The van der Waals surface area contributed by atoms with E-state index in [0.29, 0.717) is 5.75 Å². The Labute approximate surface area is 83.1 Å². The molecule has 1 rings (SSSR count). The molecule has 0 bridgehead atoms. The van der Waals surface area contributed by atoms with E-state index in [2.05, 4.69) is 0 Å². The lowest BCUT2D eigenvalue weighted by Crippen LogP contribution is -2.16. The van der Waals surface area contributed by atoms with E-state index in [-0.39, 0.29) is 4.90 Å². The van der Waals surface area contributed by atoms with Crippen LogP contribution in [0.1, 0.15) is 6.92 Å². The zero-order valence-electron chi connectivity index (χ0n) is 7.97. The van der Waals surface area contributed by atoms with Crippen LogP contribution in [0.15, 0.2) is 29.2 Å². The first-order valence-electron chi connectivity index (χ1n) is 4.04. The summed E-state index contributed by atoms with van der Waals surface area (Å²) in [6.45, 7) is 1.22. The molecule has 0 aliphatic heterocycles. The van der Waals surface area contributed by atoms with E-state index in [4.69, 9.17) is 9.84 Å². The van der Waals surface area contributed by atoms with E-state index < -0.39 is 15.3 Å². The van der Waals surface area contributed by atoms with E-state index in [1.807, 2.05) is 0 Å². The molecule has 5 heteroatoms. The lowest BCUT2D eigenvalue weighted by Gasteiger charge is -2.07. The fourth-order valence-corrected chi connectivity index (χ4v) is 1.92. The number of rotatable bonds is 3. The molecule has 1 aromatic rings. The highest BCUT2D eigenvalue weighted by Gasteiger charge is 2.20. The molecule has 1 N–H and O–H groups in total. The fraction of sp³-hybridized carbons (Fsp3) is 0.333. The van der Waals surface area contributed by atoms with Crippen molar-refractivity contribution in [3.63, 3.8) is 0 Å². The number of hydrogen-bond acceptors (Lipinski definition) is 4. The second kappa shape index (κ2) is 3.98. The van der Waals surface area contributed by atoms with Crippen LogP contribution in [-0.4, -0.2) is 26.1 Å². The lowest BCUT2D eigenvalue weighted by atomic mass is 10.3. The van der Waals surface area contributed by atoms with E-state index in [1.54, 1.807) is 12.1 Å². The van der Waals surface area contributed by atoms with Crippen LogP contribution >= 0.6 is 0 Å². The smallest absolute Gasteiger partial charge is 0.204 e. The molecule has 0 saturated carbocycles. The van der Waals surface area contributed by atoms with Crippen LogP contribution in [-0.2, 0) is 9.84 Å². The quantitative estimate of drug-likeness (QED) is 0.812. The van der Waals surface area contributed by atoms with Crippen LogP contribution < -0.4 is 4.74 Å². The average Bonchev–Trinajstić information content (AvgIpc) is 2.17. The van der Waals surface area contributed by atoms with Crippen molar-refractivity contribution in [2.45, 2.75) is 17.3 Å². The molecule has 0 saturated heterocycles. The van der Waals surface area contributed by atoms with Gasteiger partial charge in [0.15, 0.2) is 5.44 Å². The number of ether oxygens (including phenoxy) is 1. The van der Waals surface area contributed by atoms with E-state index in [0.717, 1.165) is 0 Å². The third-order valence-corrected chi connectivity index (χ3v) is 3.63. The number of benzene rings is 1. The fourth-order valence-electron chi connectivity index (χ4n) is 0.975. The summed E-state index contributed by atoms with van der Waals surface area (Å²) in [7, 11) is -2.18. The number of aliphatic hydroxyl groups excluding tert-OH is 1. The zero-order chi connectivity index (χ0) is 10.8. The Hall–Kier alpha value is -1.07. The molecule has 78 valence electrons. The van der Waals surface area contributed by atoms with Gasteiger partial charge in [0, 0.05) is 0 Å². The Morgan fingerprint density at radius 2 is 2.07 bits per heavy atom. The van der Waals surface area contributed by atoms with Gasteiger partial charge in [0.05, 0.1) is 12.0 Å². The van der Waals surface area contributed by atoms with E-state index in [9.17, 15) is 8.42 Å². The topological polar surface area (TPSA) is 63.6 Å². The van der Waals surface area contributed by atoms with Gasteiger partial charge in [0.25, 0.3) is 0 Å². The Kier molecular flexibility index (Phi) is 3.13. The van der Waals surface area contributed by atoms with Gasteiger partial charge in [-0.3, -0.25) is 0 Å². The van der Waals surface area contributed by atoms with Gasteiger partial charge < -0.3 is 9.84 Å². The van der Waals surface area contributed by atoms with Crippen molar-refractivity contribution in [3.05, 3.63) is 24.3 Å². The van der Waals surface area contributed by atoms with Gasteiger partial charge in [-0.15, -0.1) is 0 Å². The summed E-state index contributed by atoms with van der Waals surface area (Å²) in [5, 5.41) is 9.07. The number of aliphatic hydroxyl groups is 1. The molecule has 0 fully saturated rings. The van der Waals surface area contributed by atoms with Gasteiger partial charge in [-0.2, -0.15) is 0 Å². The molecular formula is C9H12O4S. The molecule has 0 amide bonds. The first kappa shape index (κ1) is 11.0. The first-order chi connectivity index (χ1) is 6.48. The van der Waals surface area contributed by atoms with Crippen molar-refractivity contribution >= 4 is 9.84 Å². The summed E-state index contributed by atoms with van der Waals surface area (Å²) in [5.74, 6) is 0.451. The second-order valence-corrected chi connectivity index (χ2v) is 5.07. The van der Waals surface area contributed by atoms with E-state index in [1.165, 1.54) is 26.2 Å². The van der Waals surface area contributed by atoms with Crippen molar-refractivity contribution in [2.24, 2.45) is 0 Å². The number of hydrogen-bond donors (Lipinski definition) is 1. The maximum absolute atomic E-state index is 11.5. The summed E-state index contributed by atoms with van der Waals surface area (Å²) in [4.78, 5) is 0.0619. The van der Waals surface area contributed by atoms with Gasteiger partial charge >= 0.3 is 0 Å². The lowest BCUT2D eigenvalue weighted by molar-refractivity contribution is 0.268. The third-order valence-electron chi connectivity index (χ3n) is 1.82. The van der Waals surface area contributed by atoms with Crippen LogP contribution in [0.2, 0.25) is 0 Å².